The molecule has 0 amide bonds. The minimum atomic E-state index is 0.684. The minimum Gasteiger partial charge on any atom is -0.494 e. The smallest absolute Gasteiger partial charge is 0.154 e. The zero-order chi connectivity index (χ0) is 20.1. The number of halogens is 1. The van der Waals surface area contributed by atoms with Gasteiger partial charge in [0.2, 0.25) is 0 Å². The van der Waals surface area contributed by atoms with E-state index in [-0.39, 0.29) is 0 Å². The third kappa shape index (κ3) is 4.49. The molecule has 0 aromatic heterocycles. The normalized spacial score (nSPS) is 12.9. The van der Waals surface area contributed by atoms with Crippen LogP contribution < -0.4 is 10.2 Å². The fourth-order valence-electron chi connectivity index (χ4n) is 3.09. The summed E-state index contributed by atoms with van der Waals surface area (Å²) in [5.41, 5.74) is 7.74. The Balaban J connectivity index is 1.66. The zero-order valence-corrected chi connectivity index (χ0v) is 17.0. The van der Waals surface area contributed by atoms with Gasteiger partial charge in [-0.2, -0.15) is 5.10 Å². The van der Waals surface area contributed by atoms with E-state index in [0.717, 1.165) is 53.3 Å². The Morgan fingerprint density at radius 3 is 2.38 bits per heavy atom. The Hall–Kier alpha value is -3.11. The maximum Gasteiger partial charge on any atom is 0.154 e. The number of hydrogen-bond donors (Lipinski definition) is 1. The van der Waals surface area contributed by atoms with Crippen molar-refractivity contribution in [3.8, 4) is 5.75 Å². The molecular formula is C24H22ClN3O. The average molecular weight is 404 g/mol. The summed E-state index contributed by atoms with van der Waals surface area (Å²) in [5, 5.41) is 5.37. The van der Waals surface area contributed by atoms with E-state index in [1.54, 1.807) is 0 Å². The first kappa shape index (κ1) is 19.2. The van der Waals surface area contributed by atoms with Gasteiger partial charge in [0.25, 0.3) is 0 Å². The highest BCUT2D eigenvalue weighted by atomic mass is 35.5. The number of amidine groups is 1. The molecule has 3 aromatic rings. The van der Waals surface area contributed by atoms with Crippen LogP contribution in [0, 0.1) is 0 Å². The Labute approximate surface area is 175 Å². The van der Waals surface area contributed by atoms with E-state index in [9.17, 15) is 0 Å². The maximum absolute atomic E-state index is 6.02. The fourth-order valence-corrected chi connectivity index (χ4v) is 3.21. The van der Waals surface area contributed by atoms with Gasteiger partial charge < -0.3 is 4.74 Å². The SMILES string of the molecule is CCCCOc1ccc(C2=NNC(c3ccc(Cl)cc3)=Nc3ccccc32)cc1. The first-order valence-corrected chi connectivity index (χ1v) is 10.1. The van der Waals surface area contributed by atoms with Gasteiger partial charge in [-0.3, -0.25) is 5.43 Å². The standard InChI is InChI=1S/C24H22ClN3O/c1-2-3-16-29-20-14-10-17(11-15-20)23-21-6-4-5-7-22(21)26-24(28-27-23)18-8-12-19(25)13-9-18/h4-15H,2-3,16H2,1H3,(H,26,28). The molecule has 0 saturated heterocycles. The van der Waals surface area contributed by atoms with E-state index in [1.165, 1.54) is 0 Å². The van der Waals surface area contributed by atoms with Gasteiger partial charge in [0.1, 0.15) is 5.75 Å². The molecule has 4 nitrogen and oxygen atoms in total. The number of unbranched alkanes of at least 4 members (excludes halogenated alkanes) is 1. The summed E-state index contributed by atoms with van der Waals surface area (Å²) in [6.07, 6.45) is 2.17. The van der Waals surface area contributed by atoms with Crippen molar-refractivity contribution >= 4 is 28.8 Å². The van der Waals surface area contributed by atoms with Crippen molar-refractivity contribution in [2.24, 2.45) is 10.1 Å². The molecule has 1 N–H and O–H groups in total. The molecule has 1 aliphatic rings. The Morgan fingerprint density at radius 2 is 1.62 bits per heavy atom. The summed E-state index contributed by atoms with van der Waals surface area (Å²) in [5.74, 6) is 1.56. The third-order valence-electron chi connectivity index (χ3n) is 4.68. The zero-order valence-electron chi connectivity index (χ0n) is 16.2. The molecule has 0 atom stereocenters. The molecule has 1 heterocycles. The van der Waals surface area contributed by atoms with E-state index >= 15 is 0 Å². The van der Waals surface area contributed by atoms with Crippen LogP contribution in [0.25, 0.3) is 0 Å². The number of rotatable bonds is 6. The van der Waals surface area contributed by atoms with Crippen LogP contribution in [0.5, 0.6) is 5.75 Å². The summed E-state index contributed by atoms with van der Waals surface area (Å²) in [6, 6.07) is 23.6. The van der Waals surface area contributed by atoms with Crippen LogP contribution in [0.1, 0.15) is 36.5 Å². The van der Waals surface area contributed by atoms with E-state index in [2.05, 4.69) is 17.5 Å². The molecule has 0 fully saturated rings. The molecule has 1 aliphatic heterocycles. The van der Waals surface area contributed by atoms with Crippen LogP contribution in [0.4, 0.5) is 5.69 Å². The monoisotopic (exact) mass is 403 g/mol. The lowest BCUT2D eigenvalue weighted by molar-refractivity contribution is 0.309. The summed E-state index contributed by atoms with van der Waals surface area (Å²) in [6.45, 7) is 2.89. The maximum atomic E-state index is 6.02. The lowest BCUT2D eigenvalue weighted by Gasteiger charge is -2.09. The number of para-hydroxylation sites is 1. The fraction of sp³-hybridized carbons (Fsp3) is 0.167. The van der Waals surface area contributed by atoms with Crippen LogP contribution in [0.15, 0.2) is 82.9 Å². The quantitative estimate of drug-likeness (QED) is 0.516. The highest BCUT2D eigenvalue weighted by molar-refractivity contribution is 6.30. The number of aliphatic imine (C=N–C) groups is 1. The number of benzene rings is 3. The summed E-state index contributed by atoms with van der Waals surface area (Å²) >= 11 is 6.02. The molecule has 146 valence electrons. The van der Waals surface area contributed by atoms with Gasteiger partial charge in [-0.15, -0.1) is 0 Å². The number of hydrazone groups is 1. The van der Waals surface area contributed by atoms with E-state index < -0.39 is 0 Å². The first-order valence-electron chi connectivity index (χ1n) is 9.75. The van der Waals surface area contributed by atoms with Crippen molar-refractivity contribution in [3.63, 3.8) is 0 Å². The number of hydrogen-bond acceptors (Lipinski definition) is 4. The second kappa shape index (κ2) is 8.93. The molecule has 0 aliphatic carbocycles. The topological polar surface area (TPSA) is 46.0 Å². The van der Waals surface area contributed by atoms with Gasteiger partial charge in [-0.05, 0) is 61.0 Å². The van der Waals surface area contributed by atoms with Crippen LogP contribution >= 0.6 is 11.6 Å². The Morgan fingerprint density at radius 1 is 0.897 bits per heavy atom. The van der Waals surface area contributed by atoms with Crippen LogP contribution in [-0.2, 0) is 0 Å². The predicted octanol–water partition coefficient (Wildman–Crippen LogP) is 5.95. The van der Waals surface area contributed by atoms with E-state index in [4.69, 9.17) is 21.3 Å². The molecule has 3 aromatic carbocycles. The molecule has 0 bridgehead atoms. The second-order valence-electron chi connectivity index (χ2n) is 6.78. The summed E-state index contributed by atoms with van der Waals surface area (Å²) in [4.78, 5) is 4.81. The van der Waals surface area contributed by atoms with Gasteiger partial charge in [-0.1, -0.05) is 43.1 Å². The minimum absolute atomic E-state index is 0.684. The number of fused-ring (bicyclic) bond motifs is 1. The molecule has 4 rings (SSSR count). The van der Waals surface area contributed by atoms with Gasteiger partial charge in [0, 0.05) is 21.7 Å². The molecule has 29 heavy (non-hydrogen) atoms. The van der Waals surface area contributed by atoms with Crippen molar-refractivity contribution < 1.29 is 4.74 Å². The summed E-state index contributed by atoms with van der Waals surface area (Å²) < 4.78 is 5.78. The van der Waals surface area contributed by atoms with Gasteiger partial charge in [-0.25, -0.2) is 4.99 Å². The highest BCUT2D eigenvalue weighted by Gasteiger charge is 2.17. The van der Waals surface area contributed by atoms with Crippen molar-refractivity contribution in [2.75, 3.05) is 6.61 Å². The number of nitrogens with one attached hydrogen (secondary N) is 1. The Bertz CT molecular complexity index is 1040. The van der Waals surface area contributed by atoms with Crippen LogP contribution in [-0.4, -0.2) is 18.2 Å². The largest absolute Gasteiger partial charge is 0.494 e. The summed E-state index contributed by atoms with van der Waals surface area (Å²) in [7, 11) is 0. The molecule has 0 unspecified atom stereocenters. The second-order valence-corrected chi connectivity index (χ2v) is 7.22. The van der Waals surface area contributed by atoms with Gasteiger partial charge in [0.15, 0.2) is 5.84 Å². The van der Waals surface area contributed by atoms with Crippen LogP contribution in [0.3, 0.4) is 0 Å². The van der Waals surface area contributed by atoms with Crippen LogP contribution in [0.2, 0.25) is 5.02 Å². The molecular weight excluding hydrogens is 382 g/mol. The third-order valence-corrected chi connectivity index (χ3v) is 4.93. The lowest BCUT2D eigenvalue weighted by atomic mass is 10.0. The number of nitrogens with zero attached hydrogens (tertiary/aromatic N) is 2. The van der Waals surface area contributed by atoms with Crippen molar-refractivity contribution in [3.05, 3.63) is 94.5 Å². The van der Waals surface area contributed by atoms with Gasteiger partial charge >= 0.3 is 0 Å². The number of ether oxygens (including phenoxy) is 1. The Kier molecular flexibility index (Phi) is 5.92. The van der Waals surface area contributed by atoms with Crippen molar-refractivity contribution in [1.82, 2.24) is 5.43 Å². The highest BCUT2D eigenvalue weighted by Crippen LogP contribution is 2.26. The molecule has 5 heteroatoms. The average Bonchev–Trinajstić information content (AvgIpc) is 2.95. The van der Waals surface area contributed by atoms with Crippen molar-refractivity contribution in [2.45, 2.75) is 19.8 Å². The molecule has 0 radical (unpaired) electrons. The lowest BCUT2D eigenvalue weighted by Crippen LogP contribution is -2.19. The van der Waals surface area contributed by atoms with E-state index in [1.807, 2.05) is 72.8 Å². The van der Waals surface area contributed by atoms with Crippen molar-refractivity contribution in [1.29, 1.82) is 0 Å². The first-order chi connectivity index (χ1) is 14.2. The molecule has 0 spiro atoms. The van der Waals surface area contributed by atoms with E-state index in [0.29, 0.717) is 10.9 Å². The van der Waals surface area contributed by atoms with Gasteiger partial charge in [0.05, 0.1) is 18.0 Å². The molecule has 0 saturated carbocycles. The predicted molar refractivity (Wildman–Crippen MR) is 120 cm³/mol.